The lowest BCUT2D eigenvalue weighted by Crippen LogP contribution is -2.42. The highest BCUT2D eigenvalue weighted by atomic mass is 16.5. The van der Waals surface area contributed by atoms with Gasteiger partial charge in [-0.1, -0.05) is 13.8 Å². The summed E-state index contributed by atoms with van der Waals surface area (Å²) in [6.07, 6.45) is 0.625. The van der Waals surface area contributed by atoms with Gasteiger partial charge in [-0.3, -0.25) is 14.9 Å². The molecule has 1 atom stereocenters. The molecule has 0 spiro atoms. The summed E-state index contributed by atoms with van der Waals surface area (Å²) in [5.41, 5.74) is 4.96. The van der Waals surface area contributed by atoms with Crippen molar-refractivity contribution in [2.45, 2.75) is 26.3 Å². The van der Waals surface area contributed by atoms with Crippen LogP contribution in [-0.2, 0) is 14.3 Å². The molecule has 82 valence electrons. The number of esters is 1. The molecule has 0 aromatic carbocycles. The Balaban J connectivity index is 4.10. The van der Waals surface area contributed by atoms with Gasteiger partial charge in [0, 0.05) is 0 Å². The highest BCUT2D eigenvalue weighted by Gasteiger charge is 2.19. The Bertz CT molecular complexity index is 204. The van der Waals surface area contributed by atoms with E-state index in [1.807, 2.05) is 13.8 Å². The number of methoxy groups -OCH3 is 1. The van der Waals surface area contributed by atoms with Crippen LogP contribution in [0, 0.1) is 5.92 Å². The largest absolute Gasteiger partial charge is 0.468 e. The van der Waals surface area contributed by atoms with E-state index in [9.17, 15) is 9.59 Å². The summed E-state index contributed by atoms with van der Waals surface area (Å²) in [6, 6.07) is -0.451. The summed E-state index contributed by atoms with van der Waals surface area (Å²) in [4.78, 5) is 21.7. The molecule has 0 bridgehead atoms. The third-order valence-electron chi connectivity index (χ3n) is 1.72. The van der Waals surface area contributed by atoms with Gasteiger partial charge in [0.05, 0.1) is 13.7 Å². The number of carbonyl (C=O) groups excluding carboxylic acids is 2. The number of nitrogens with one attached hydrogen (secondary N) is 1. The Morgan fingerprint density at radius 2 is 2.00 bits per heavy atom. The monoisotopic (exact) mass is 202 g/mol. The molecule has 1 unspecified atom stereocenters. The Hall–Kier alpha value is -1.10. The lowest BCUT2D eigenvalue weighted by atomic mass is 10.0. The molecule has 5 nitrogen and oxygen atoms in total. The van der Waals surface area contributed by atoms with Gasteiger partial charge in [-0.2, -0.15) is 0 Å². The average molecular weight is 202 g/mol. The van der Waals surface area contributed by atoms with Gasteiger partial charge in [0.25, 0.3) is 0 Å². The maximum absolute atomic E-state index is 11.2. The molecule has 5 heteroatoms. The summed E-state index contributed by atoms with van der Waals surface area (Å²) in [6.45, 7) is 3.97. The fourth-order valence-corrected chi connectivity index (χ4v) is 1.10. The molecule has 0 aliphatic carbocycles. The molecule has 14 heavy (non-hydrogen) atoms. The van der Waals surface area contributed by atoms with Crippen LogP contribution >= 0.6 is 0 Å². The predicted octanol–water partition coefficient (Wildman–Crippen LogP) is -0.351. The summed E-state index contributed by atoms with van der Waals surface area (Å²) >= 11 is 0. The fraction of sp³-hybridized carbons (Fsp3) is 0.778. The van der Waals surface area contributed by atoms with Gasteiger partial charge < -0.3 is 10.5 Å². The second-order valence-electron chi connectivity index (χ2n) is 3.55. The highest BCUT2D eigenvalue weighted by Crippen LogP contribution is 2.05. The van der Waals surface area contributed by atoms with Crippen LogP contribution in [0.3, 0.4) is 0 Å². The van der Waals surface area contributed by atoms with Gasteiger partial charge in [0.1, 0.15) is 6.04 Å². The quantitative estimate of drug-likeness (QED) is 0.577. The van der Waals surface area contributed by atoms with Crippen molar-refractivity contribution in [3.05, 3.63) is 0 Å². The lowest BCUT2D eigenvalue weighted by Gasteiger charge is -2.17. The molecule has 0 saturated heterocycles. The standard InChI is InChI=1S/C9H18N2O3/c1-6(2)4-7(9(13)14-3)11-5-8(10)12/h6-7,11H,4-5H2,1-3H3,(H2,10,12). The van der Waals surface area contributed by atoms with Crippen molar-refractivity contribution in [2.24, 2.45) is 11.7 Å². The molecule has 1 amide bonds. The van der Waals surface area contributed by atoms with E-state index in [4.69, 9.17) is 5.73 Å². The van der Waals surface area contributed by atoms with E-state index in [1.165, 1.54) is 7.11 Å². The Kier molecular flexibility index (Phi) is 5.87. The third kappa shape index (κ3) is 5.53. The van der Waals surface area contributed by atoms with Crippen molar-refractivity contribution in [3.8, 4) is 0 Å². The third-order valence-corrected chi connectivity index (χ3v) is 1.72. The molecule has 0 radical (unpaired) electrons. The number of primary amides is 1. The first-order chi connectivity index (χ1) is 6.47. The smallest absolute Gasteiger partial charge is 0.322 e. The Morgan fingerprint density at radius 3 is 2.36 bits per heavy atom. The van der Waals surface area contributed by atoms with Crippen LogP contribution < -0.4 is 11.1 Å². The number of carbonyl (C=O) groups is 2. The molecular formula is C9H18N2O3. The van der Waals surface area contributed by atoms with E-state index < -0.39 is 11.9 Å². The molecule has 3 N–H and O–H groups in total. The van der Waals surface area contributed by atoms with Gasteiger partial charge in [0.2, 0.25) is 5.91 Å². The van der Waals surface area contributed by atoms with Gasteiger partial charge in [-0.15, -0.1) is 0 Å². The molecule has 0 aromatic rings. The first-order valence-electron chi connectivity index (χ1n) is 4.56. The van der Waals surface area contributed by atoms with Crippen molar-refractivity contribution >= 4 is 11.9 Å². The van der Waals surface area contributed by atoms with E-state index in [0.29, 0.717) is 12.3 Å². The minimum absolute atomic E-state index is 0.00745. The maximum atomic E-state index is 11.2. The Labute approximate surface area is 84.0 Å². The average Bonchev–Trinajstić information content (AvgIpc) is 2.10. The molecule has 0 aliphatic rings. The van der Waals surface area contributed by atoms with Crippen molar-refractivity contribution in [2.75, 3.05) is 13.7 Å². The van der Waals surface area contributed by atoms with Crippen molar-refractivity contribution in [1.82, 2.24) is 5.32 Å². The molecule has 0 fully saturated rings. The van der Waals surface area contributed by atoms with Crippen molar-refractivity contribution in [1.29, 1.82) is 0 Å². The van der Waals surface area contributed by atoms with Crippen LogP contribution in [0.2, 0.25) is 0 Å². The maximum Gasteiger partial charge on any atom is 0.322 e. The van der Waals surface area contributed by atoms with Gasteiger partial charge in [-0.05, 0) is 12.3 Å². The second kappa shape index (κ2) is 6.37. The van der Waals surface area contributed by atoms with Crippen molar-refractivity contribution < 1.29 is 14.3 Å². The van der Waals surface area contributed by atoms with Crippen LogP contribution in [0.15, 0.2) is 0 Å². The summed E-state index contributed by atoms with van der Waals surface area (Å²) < 4.78 is 4.59. The zero-order valence-electron chi connectivity index (χ0n) is 8.87. The summed E-state index contributed by atoms with van der Waals surface area (Å²) in [5, 5.41) is 2.75. The number of ether oxygens (including phenoxy) is 1. The normalized spacial score (nSPS) is 12.6. The number of rotatable bonds is 6. The molecule has 0 aliphatic heterocycles. The predicted molar refractivity (Wildman–Crippen MR) is 52.5 cm³/mol. The molecule has 0 saturated carbocycles. The molecule has 0 heterocycles. The molecular weight excluding hydrogens is 184 g/mol. The zero-order valence-corrected chi connectivity index (χ0v) is 8.87. The van der Waals surface area contributed by atoms with E-state index in [-0.39, 0.29) is 12.5 Å². The second-order valence-corrected chi connectivity index (χ2v) is 3.55. The van der Waals surface area contributed by atoms with Crippen LogP contribution in [-0.4, -0.2) is 31.6 Å². The topological polar surface area (TPSA) is 81.4 Å². The lowest BCUT2D eigenvalue weighted by molar-refractivity contribution is -0.143. The summed E-state index contributed by atoms with van der Waals surface area (Å²) in [5.74, 6) is -0.498. The highest BCUT2D eigenvalue weighted by molar-refractivity contribution is 5.79. The first-order valence-corrected chi connectivity index (χ1v) is 4.56. The van der Waals surface area contributed by atoms with Crippen LogP contribution in [0.25, 0.3) is 0 Å². The van der Waals surface area contributed by atoms with E-state index in [2.05, 4.69) is 10.1 Å². The van der Waals surface area contributed by atoms with Gasteiger partial charge in [0.15, 0.2) is 0 Å². The van der Waals surface area contributed by atoms with Crippen LogP contribution in [0.5, 0.6) is 0 Å². The summed E-state index contributed by atoms with van der Waals surface area (Å²) in [7, 11) is 1.32. The minimum atomic E-state index is -0.484. The zero-order chi connectivity index (χ0) is 11.1. The van der Waals surface area contributed by atoms with Gasteiger partial charge >= 0.3 is 5.97 Å². The fourth-order valence-electron chi connectivity index (χ4n) is 1.10. The molecule has 0 aromatic heterocycles. The van der Waals surface area contributed by atoms with Crippen LogP contribution in [0.1, 0.15) is 20.3 Å². The first kappa shape index (κ1) is 12.9. The Morgan fingerprint density at radius 1 is 1.43 bits per heavy atom. The van der Waals surface area contributed by atoms with Crippen LogP contribution in [0.4, 0.5) is 0 Å². The van der Waals surface area contributed by atoms with E-state index in [1.54, 1.807) is 0 Å². The van der Waals surface area contributed by atoms with E-state index in [0.717, 1.165) is 0 Å². The van der Waals surface area contributed by atoms with Gasteiger partial charge in [-0.25, -0.2) is 0 Å². The SMILES string of the molecule is COC(=O)C(CC(C)C)NCC(N)=O. The van der Waals surface area contributed by atoms with Crippen molar-refractivity contribution in [3.63, 3.8) is 0 Å². The number of hydrogen-bond acceptors (Lipinski definition) is 4. The number of amides is 1. The van der Waals surface area contributed by atoms with E-state index >= 15 is 0 Å². The molecule has 0 rings (SSSR count). The number of hydrogen-bond donors (Lipinski definition) is 2. The number of nitrogens with two attached hydrogens (primary N) is 1. The minimum Gasteiger partial charge on any atom is -0.468 e.